The average molecular weight is 514 g/mol. The number of nitrogens with zero attached hydrogens (tertiary/aromatic N) is 1. The molecule has 0 fully saturated rings. The van der Waals surface area contributed by atoms with Crippen LogP contribution in [0.4, 0.5) is 18.0 Å². The summed E-state index contributed by atoms with van der Waals surface area (Å²) in [5.74, 6) is -4.16. The maximum atomic E-state index is 13.4. The predicted molar refractivity (Wildman–Crippen MR) is 124 cm³/mol. The third-order valence-electron chi connectivity index (χ3n) is 4.74. The fraction of sp³-hybridized carbons (Fsp3) is 0.440. The summed E-state index contributed by atoms with van der Waals surface area (Å²) in [5.41, 5.74) is 0.744. The van der Waals surface area contributed by atoms with Gasteiger partial charge in [-0.15, -0.1) is 0 Å². The van der Waals surface area contributed by atoms with Crippen LogP contribution in [0.2, 0.25) is 0 Å². The highest BCUT2D eigenvalue weighted by Gasteiger charge is 2.22. The molecule has 1 amide bonds. The Labute approximate surface area is 207 Å². The topological polar surface area (TPSA) is 94.5 Å². The first kappa shape index (κ1) is 28.9. The first-order valence-corrected chi connectivity index (χ1v) is 11.3. The number of halogens is 3. The van der Waals surface area contributed by atoms with E-state index in [9.17, 15) is 27.9 Å². The highest BCUT2D eigenvalue weighted by Crippen LogP contribution is 2.16. The number of carbonyl (C=O) groups is 2. The fourth-order valence-corrected chi connectivity index (χ4v) is 3.04. The Hall–Kier alpha value is -3.31. The van der Waals surface area contributed by atoms with Gasteiger partial charge in [0.05, 0.1) is 13.2 Å². The first-order valence-electron chi connectivity index (χ1n) is 11.3. The lowest BCUT2D eigenvalue weighted by Gasteiger charge is -2.22. The maximum Gasteiger partial charge on any atom is 0.415 e. The quantitative estimate of drug-likeness (QED) is 0.353. The molecule has 8 nitrogen and oxygen atoms in total. The number of rotatable bonds is 15. The van der Waals surface area contributed by atoms with Gasteiger partial charge in [-0.05, 0) is 36.8 Å². The van der Waals surface area contributed by atoms with Crippen LogP contribution in [-0.2, 0) is 20.7 Å². The van der Waals surface area contributed by atoms with Crippen molar-refractivity contribution in [2.45, 2.75) is 32.3 Å². The van der Waals surface area contributed by atoms with E-state index in [1.54, 1.807) is 31.2 Å². The van der Waals surface area contributed by atoms with Gasteiger partial charge in [-0.1, -0.05) is 18.2 Å². The molecule has 0 heterocycles. The summed E-state index contributed by atoms with van der Waals surface area (Å²) in [6.07, 6.45) is -1.57. The van der Waals surface area contributed by atoms with Gasteiger partial charge in [-0.25, -0.2) is 22.8 Å². The predicted octanol–water partition coefficient (Wildman–Crippen LogP) is 4.41. The van der Waals surface area contributed by atoms with Gasteiger partial charge in [0.1, 0.15) is 30.5 Å². The van der Waals surface area contributed by atoms with Crippen molar-refractivity contribution in [2.24, 2.45) is 0 Å². The Morgan fingerprint density at radius 3 is 2.36 bits per heavy atom. The minimum Gasteiger partial charge on any atom is -0.492 e. The third-order valence-corrected chi connectivity index (χ3v) is 4.74. The molecule has 0 aliphatic carbocycles. The molecule has 0 spiro atoms. The zero-order valence-corrected chi connectivity index (χ0v) is 20.1. The highest BCUT2D eigenvalue weighted by atomic mass is 19.3. The minimum atomic E-state index is -3.00. The molecule has 0 bridgehead atoms. The lowest BCUT2D eigenvalue weighted by atomic mass is 10.1. The van der Waals surface area contributed by atoms with Crippen LogP contribution in [-0.4, -0.2) is 73.6 Å². The van der Waals surface area contributed by atoms with Crippen molar-refractivity contribution in [3.8, 4) is 11.5 Å². The SMILES string of the molecule is CCOC(Cc1ccc(OCCN(CCOCC(C)(F)F)C(=O)Oc2cccc(F)c2)cc1)C(=O)O. The van der Waals surface area contributed by atoms with E-state index >= 15 is 0 Å². The van der Waals surface area contributed by atoms with E-state index in [4.69, 9.17) is 18.9 Å². The number of ether oxygens (including phenoxy) is 4. The second-order valence-electron chi connectivity index (χ2n) is 7.91. The molecule has 1 atom stereocenters. The molecular formula is C25H30F3NO7. The Kier molecular flexibility index (Phi) is 11.5. The smallest absolute Gasteiger partial charge is 0.415 e. The van der Waals surface area contributed by atoms with Gasteiger partial charge in [0, 0.05) is 32.6 Å². The molecule has 36 heavy (non-hydrogen) atoms. The van der Waals surface area contributed by atoms with Crippen LogP contribution in [0.5, 0.6) is 11.5 Å². The molecule has 0 aromatic heterocycles. The monoisotopic (exact) mass is 513 g/mol. The number of alkyl halides is 2. The lowest BCUT2D eigenvalue weighted by Crippen LogP contribution is -2.39. The largest absolute Gasteiger partial charge is 0.492 e. The third kappa shape index (κ3) is 11.0. The summed E-state index contributed by atoms with van der Waals surface area (Å²) in [6.45, 7) is 1.78. The van der Waals surface area contributed by atoms with E-state index in [2.05, 4.69) is 0 Å². The van der Waals surface area contributed by atoms with Crippen LogP contribution in [0.15, 0.2) is 48.5 Å². The molecule has 1 unspecified atom stereocenters. The van der Waals surface area contributed by atoms with Gasteiger partial charge in [-0.2, -0.15) is 0 Å². The normalized spacial score (nSPS) is 12.1. The zero-order chi connectivity index (χ0) is 26.6. The fourth-order valence-electron chi connectivity index (χ4n) is 3.04. The van der Waals surface area contributed by atoms with Gasteiger partial charge < -0.3 is 29.0 Å². The Morgan fingerprint density at radius 2 is 1.75 bits per heavy atom. The van der Waals surface area contributed by atoms with Crippen molar-refractivity contribution < 1.29 is 46.8 Å². The van der Waals surface area contributed by atoms with E-state index < -0.39 is 36.5 Å². The summed E-state index contributed by atoms with van der Waals surface area (Å²) < 4.78 is 60.3. The molecule has 198 valence electrons. The first-order chi connectivity index (χ1) is 17.1. The maximum absolute atomic E-state index is 13.4. The van der Waals surface area contributed by atoms with Gasteiger partial charge in [-0.3, -0.25) is 0 Å². The van der Waals surface area contributed by atoms with Crippen LogP contribution in [0, 0.1) is 5.82 Å². The molecular weight excluding hydrogens is 483 g/mol. The molecule has 0 aliphatic rings. The van der Waals surface area contributed by atoms with Crippen molar-refractivity contribution in [1.29, 1.82) is 0 Å². The van der Waals surface area contributed by atoms with Gasteiger partial charge in [0.15, 0.2) is 6.10 Å². The standard InChI is InChI=1S/C25H30F3NO7/c1-3-34-22(23(30)31)15-18-7-9-20(10-8-18)35-14-12-29(11-13-33-17-25(2,27)28)24(32)36-21-6-4-5-19(26)16-21/h4-10,16,22H,3,11-15,17H2,1-2H3,(H,30,31). The van der Waals surface area contributed by atoms with Gasteiger partial charge in [0.25, 0.3) is 5.92 Å². The molecule has 1 N–H and O–H groups in total. The van der Waals surface area contributed by atoms with Crippen LogP contribution < -0.4 is 9.47 Å². The molecule has 2 aromatic carbocycles. The van der Waals surface area contributed by atoms with Gasteiger partial charge >= 0.3 is 12.1 Å². The summed E-state index contributed by atoms with van der Waals surface area (Å²) >= 11 is 0. The summed E-state index contributed by atoms with van der Waals surface area (Å²) in [6, 6.07) is 11.8. The van der Waals surface area contributed by atoms with Crippen LogP contribution in [0.1, 0.15) is 19.4 Å². The summed E-state index contributed by atoms with van der Waals surface area (Å²) in [7, 11) is 0. The van der Waals surface area contributed by atoms with Crippen molar-refractivity contribution in [2.75, 3.05) is 39.5 Å². The van der Waals surface area contributed by atoms with Gasteiger partial charge in [0.2, 0.25) is 0 Å². The van der Waals surface area contributed by atoms with Crippen molar-refractivity contribution >= 4 is 12.1 Å². The number of aliphatic carboxylic acids is 1. The van der Waals surface area contributed by atoms with Crippen molar-refractivity contribution in [1.82, 2.24) is 4.90 Å². The van der Waals surface area contributed by atoms with E-state index in [0.717, 1.165) is 18.6 Å². The summed E-state index contributed by atoms with van der Waals surface area (Å²) in [5, 5.41) is 9.20. The minimum absolute atomic E-state index is 0.00534. The second kappa shape index (κ2) is 14.3. The second-order valence-corrected chi connectivity index (χ2v) is 7.91. The molecule has 0 saturated heterocycles. The number of carboxylic acids is 1. The average Bonchev–Trinajstić information content (AvgIpc) is 2.80. The molecule has 0 aliphatic heterocycles. The Morgan fingerprint density at radius 1 is 1.06 bits per heavy atom. The highest BCUT2D eigenvalue weighted by molar-refractivity contribution is 5.72. The van der Waals surface area contributed by atoms with E-state index in [0.29, 0.717) is 5.75 Å². The molecule has 11 heteroatoms. The number of amides is 1. The van der Waals surface area contributed by atoms with Crippen LogP contribution in [0.3, 0.4) is 0 Å². The van der Waals surface area contributed by atoms with Crippen LogP contribution >= 0.6 is 0 Å². The number of carboxylic acid groups (broad SMARTS) is 1. The summed E-state index contributed by atoms with van der Waals surface area (Å²) in [4.78, 5) is 25.0. The molecule has 2 aromatic rings. The Bertz CT molecular complexity index is 967. The van der Waals surface area contributed by atoms with Crippen LogP contribution in [0.25, 0.3) is 0 Å². The lowest BCUT2D eigenvalue weighted by molar-refractivity contribution is -0.149. The van der Waals surface area contributed by atoms with Crippen molar-refractivity contribution in [3.05, 3.63) is 59.9 Å². The molecule has 0 radical (unpaired) electrons. The molecule has 2 rings (SSSR count). The zero-order valence-electron chi connectivity index (χ0n) is 20.1. The van der Waals surface area contributed by atoms with E-state index in [1.807, 2.05) is 0 Å². The number of carbonyl (C=O) groups excluding carboxylic acids is 1. The van der Waals surface area contributed by atoms with E-state index in [-0.39, 0.29) is 45.1 Å². The number of benzene rings is 2. The number of hydrogen-bond donors (Lipinski definition) is 1. The number of hydrogen-bond acceptors (Lipinski definition) is 6. The van der Waals surface area contributed by atoms with Crippen molar-refractivity contribution in [3.63, 3.8) is 0 Å². The van der Waals surface area contributed by atoms with E-state index in [1.165, 1.54) is 23.1 Å². The molecule has 0 saturated carbocycles. The Balaban J connectivity index is 1.92.